The predicted octanol–water partition coefficient (Wildman–Crippen LogP) is -0.244. The third-order valence-corrected chi connectivity index (χ3v) is 2.61. The highest BCUT2D eigenvalue weighted by Gasteiger charge is 2.28. The molecular formula is C11H21N3O2. The first-order chi connectivity index (χ1) is 7.65. The van der Waals surface area contributed by atoms with Gasteiger partial charge in [0.15, 0.2) is 0 Å². The highest BCUT2D eigenvalue weighted by atomic mass is 16.2. The van der Waals surface area contributed by atoms with Gasteiger partial charge in [-0.15, -0.1) is 0 Å². The van der Waals surface area contributed by atoms with Crippen molar-refractivity contribution in [1.29, 1.82) is 0 Å². The van der Waals surface area contributed by atoms with Crippen LogP contribution in [0, 0.1) is 5.92 Å². The molecule has 1 aliphatic carbocycles. The minimum Gasteiger partial charge on any atom is -0.354 e. The van der Waals surface area contributed by atoms with Crippen molar-refractivity contribution in [3.05, 3.63) is 0 Å². The SMILES string of the molecule is CCC[C@H](N)C(=O)NCCNC(=O)C1CC1. The van der Waals surface area contributed by atoms with Crippen LogP contribution in [0.3, 0.4) is 0 Å². The van der Waals surface area contributed by atoms with Crippen LogP contribution in [0.1, 0.15) is 32.6 Å². The molecule has 0 aliphatic heterocycles. The number of hydrogen-bond donors (Lipinski definition) is 3. The summed E-state index contributed by atoms with van der Waals surface area (Å²) in [7, 11) is 0. The van der Waals surface area contributed by atoms with Gasteiger partial charge in [0.1, 0.15) is 0 Å². The van der Waals surface area contributed by atoms with E-state index in [0.29, 0.717) is 19.5 Å². The van der Waals surface area contributed by atoms with E-state index in [2.05, 4.69) is 10.6 Å². The van der Waals surface area contributed by atoms with Gasteiger partial charge in [-0.25, -0.2) is 0 Å². The highest BCUT2D eigenvalue weighted by molar-refractivity contribution is 5.82. The number of nitrogens with one attached hydrogen (secondary N) is 2. The molecule has 0 bridgehead atoms. The monoisotopic (exact) mass is 227 g/mol. The van der Waals surface area contributed by atoms with E-state index in [9.17, 15) is 9.59 Å². The molecule has 0 radical (unpaired) electrons. The van der Waals surface area contributed by atoms with Gasteiger partial charge in [0.25, 0.3) is 0 Å². The third kappa shape index (κ3) is 4.61. The fourth-order valence-corrected chi connectivity index (χ4v) is 1.43. The van der Waals surface area contributed by atoms with E-state index in [1.54, 1.807) is 0 Å². The first-order valence-electron chi connectivity index (χ1n) is 5.96. The molecule has 0 heterocycles. The quantitative estimate of drug-likeness (QED) is 0.525. The molecule has 2 amide bonds. The lowest BCUT2D eigenvalue weighted by atomic mass is 10.2. The number of nitrogens with two attached hydrogens (primary N) is 1. The number of carbonyl (C=O) groups excluding carboxylic acids is 2. The summed E-state index contributed by atoms with van der Waals surface area (Å²) in [6, 6.07) is -0.427. The van der Waals surface area contributed by atoms with Gasteiger partial charge in [0, 0.05) is 19.0 Å². The molecule has 0 saturated heterocycles. The zero-order valence-corrected chi connectivity index (χ0v) is 9.79. The summed E-state index contributed by atoms with van der Waals surface area (Å²) in [6.45, 7) is 2.93. The van der Waals surface area contributed by atoms with E-state index in [1.807, 2.05) is 6.92 Å². The molecule has 16 heavy (non-hydrogen) atoms. The van der Waals surface area contributed by atoms with Gasteiger partial charge in [-0.3, -0.25) is 9.59 Å². The molecule has 1 saturated carbocycles. The third-order valence-electron chi connectivity index (χ3n) is 2.61. The summed E-state index contributed by atoms with van der Waals surface area (Å²) in [4.78, 5) is 22.6. The van der Waals surface area contributed by atoms with Gasteiger partial charge in [-0.2, -0.15) is 0 Å². The van der Waals surface area contributed by atoms with Gasteiger partial charge in [-0.1, -0.05) is 13.3 Å². The van der Waals surface area contributed by atoms with Crippen LogP contribution >= 0.6 is 0 Å². The van der Waals surface area contributed by atoms with Crippen molar-refractivity contribution in [2.24, 2.45) is 11.7 Å². The van der Waals surface area contributed by atoms with Gasteiger partial charge in [0.05, 0.1) is 6.04 Å². The number of carbonyl (C=O) groups is 2. The normalized spacial score (nSPS) is 16.6. The molecule has 1 atom stereocenters. The second-order valence-electron chi connectivity index (χ2n) is 4.25. The van der Waals surface area contributed by atoms with E-state index in [4.69, 9.17) is 5.73 Å². The highest BCUT2D eigenvalue weighted by Crippen LogP contribution is 2.28. The molecular weight excluding hydrogens is 206 g/mol. The average Bonchev–Trinajstić information content (AvgIpc) is 3.07. The summed E-state index contributed by atoms with van der Waals surface area (Å²) in [5.41, 5.74) is 5.63. The molecule has 0 spiro atoms. The lowest BCUT2D eigenvalue weighted by Crippen LogP contribution is -2.43. The summed E-state index contributed by atoms with van der Waals surface area (Å²) < 4.78 is 0. The fourth-order valence-electron chi connectivity index (χ4n) is 1.43. The predicted molar refractivity (Wildman–Crippen MR) is 61.6 cm³/mol. The fraction of sp³-hybridized carbons (Fsp3) is 0.818. The van der Waals surface area contributed by atoms with Crippen molar-refractivity contribution < 1.29 is 9.59 Å². The molecule has 5 heteroatoms. The van der Waals surface area contributed by atoms with Crippen molar-refractivity contribution in [3.63, 3.8) is 0 Å². The molecule has 4 N–H and O–H groups in total. The van der Waals surface area contributed by atoms with Crippen LogP contribution in [0.4, 0.5) is 0 Å². The molecule has 0 aromatic carbocycles. The summed E-state index contributed by atoms with van der Waals surface area (Å²) in [5.74, 6) is 0.188. The van der Waals surface area contributed by atoms with Gasteiger partial charge < -0.3 is 16.4 Å². The Labute approximate surface area is 96.1 Å². The van der Waals surface area contributed by atoms with E-state index in [-0.39, 0.29) is 17.7 Å². The zero-order chi connectivity index (χ0) is 12.0. The summed E-state index contributed by atoms with van der Waals surface area (Å²) in [6.07, 6.45) is 3.59. The molecule has 1 aliphatic rings. The topological polar surface area (TPSA) is 84.2 Å². The molecule has 0 unspecified atom stereocenters. The molecule has 0 aromatic rings. The average molecular weight is 227 g/mol. The number of hydrogen-bond acceptors (Lipinski definition) is 3. The van der Waals surface area contributed by atoms with Crippen molar-refractivity contribution >= 4 is 11.8 Å². The van der Waals surface area contributed by atoms with Crippen LogP contribution in [-0.2, 0) is 9.59 Å². The Balaban J connectivity index is 2.01. The zero-order valence-electron chi connectivity index (χ0n) is 9.79. The lowest BCUT2D eigenvalue weighted by molar-refractivity contribution is -0.124. The van der Waals surface area contributed by atoms with Gasteiger partial charge >= 0.3 is 0 Å². The number of rotatable bonds is 7. The molecule has 1 rings (SSSR count). The van der Waals surface area contributed by atoms with Crippen molar-refractivity contribution in [2.45, 2.75) is 38.6 Å². The maximum Gasteiger partial charge on any atom is 0.236 e. The largest absolute Gasteiger partial charge is 0.354 e. The Bertz CT molecular complexity index is 252. The van der Waals surface area contributed by atoms with E-state index < -0.39 is 6.04 Å². The second-order valence-corrected chi connectivity index (χ2v) is 4.25. The van der Waals surface area contributed by atoms with Crippen molar-refractivity contribution in [2.75, 3.05) is 13.1 Å². The first kappa shape index (κ1) is 13.0. The Morgan fingerprint density at radius 2 is 1.94 bits per heavy atom. The van der Waals surface area contributed by atoms with Crippen LogP contribution in [0.2, 0.25) is 0 Å². The summed E-state index contributed by atoms with van der Waals surface area (Å²) in [5, 5.41) is 5.48. The maximum atomic E-state index is 11.4. The second kappa shape index (κ2) is 6.48. The van der Waals surface area contributed by atoms with E-state index in [0.717, 1.165) is 19.3 Å². The summed E-state index contributed by atoms with van der Waals surface area (Å²) >= 11 is 0. The van der Waals surface area contributed by atoms with Crippen LogP contribution in [0.5, 0.6) is 0 Å². The van der Waals surface area contributed by atoms with E-state index >= 15 is 0 Å². The molecule has 5 nitrogen and oxygen atoms in total. The lowest BCUT2D eigenvalue weighted by Gasteiger charge is -2.11. The van der Waals surface area contributed by atoms with Crippen LogP contribution in [0.25, 0.3) is 0 Å². The van der Waals surface area contributed by atoms with Crippen LogP contribution in [0.15, 0.2) is 0 Å². The van der Waals surface area contributed by atoms with Crippen LogP contribution in [-0.4, -0.2) is 30.9 Å². The first-order valence-corrected chi connectivity index (χ1v) is 5.96. The Morgan fingerprint density at radius 1 is 1.31 bits per heavy atom. The number of amides is 2. The molecule has 92 valence electrons. The molecule has 0 aromatic heterocycles. The Kier molecular flexibility index (Phi) is 5.25. The Morgan fingerprint density at radius 3 is 2.50 bits per heavy atom. The maximum absolute atomic E-state index is 11.4. The Hall–Kier alpha value is -1.10. The minimum absolute atomic E-state index is 0.104. The van der Waals surface area contributed by atoms with Gasteiger partial charge in [-0.05, 0) is 19.3 Å². The van der Waals surface area contributed by atoms with Crippen LogP contribution < -0.4 is 16.4 Å². The smallest absolute Gasteiger partial charge is 0.236 e. The van der Waals surface area contributed by atoms with Gasteiger partial charge in [0.2, 0.25) is 11.8 Å². The molecule has 1 fully saturated rings. The van der Waals surface area contributed by atoms with E-state index in [1.165, 1.54) is 0 Å². The minimum atomic E-state index is -0.427. The van der Waals surface area contributed by atoms with Crippen molar-refractivity contribution in [3.8, 4) is 0 Å². The standard InChI is InChI=1S/C11H21N3O2/c1-2-3-9(12)11(16)14-7-6-13-10(15)8-4-5-8/h8-9H,2-7,12H2,1H3,(H,13,15)(H,14,16)/t9-/m0/s1. The van der Waals surface area contributed by atoms with Crippen molar-refractivity contribution in [1.82, 2.24) is 10.6 Å².